The van der Waals surface area contributed by atoms with Crippen LogP contribution in [0.15, 0.2) is 67.1 Å². The Morgan fingerprint density at radius 1 is 0.973 bits per heavy atom. The van der Waals surface area contributed by atoms with Gasteiger partial charge >= 0.3 is 0 Å². The van der Waals surface area contributed by atoms with Crippen molar-refractivity contribution in [1.82, 2.24) is 25.1 Å². The van der Waals surface area contributed by atoms with E-state index in [9.17, 15) is 4.79 Å². The SMILES string of the molecule is COc1ccc(N2CCN(c3ncnc4c3cnn4CCNC(=O)CCCc3ccccc3)CC2)cc1. The van der Waals surface area contributed by atoms with Gasteiger partial charge in [0.25, 0.3) is 0 Å². The smallest absolute Gasteiger partial charge is 0.220 e. The minimum absolute atomic E-state index is 0.0671. The maximum atomic E-state index is 12.3. The average Bonchev–Trinajstić information content (AvgIpc) is 3.37. The number of fused-ring (bicyclic) bond motifs is 1. The minimum atomic E-state index is 0.0671. The summed E-state index contributed by atoms with van der Waals surface area (Å²) in [6.07, 6.45) is 5.70. The molecule has 0 saturated carbocycles. The van der Waals surface area contributed by atoms with Gasteiger partial charge in [-0.3, -0.25) is 4.79 Å². The predicted octanol–water partition coefficient (Wildman–Crippen LogP) is 3.30. The molecular formula is C28H33N7O2. The van der Waals surface area contributed by atoms with Gasteiger partial charge in [-0.2, -0.15) is 5.10 Å². The summed E-state index contributed by atoms with van der Waals surface area (Å²) in [6, 6.07) is 18.5. The first-order valence-corrected chi connectivity index (χ1v) is 12.8. The second kappa shape index (κ2) is 11.7. The molecule has 9 nitrogen and oxygen atoms in total. The van der Waals surface area contributed by atoms with Crippen molar-refractivity contribution in [2.75, 3.05) is 49.6 Å². The molecule has 1 aliphatic heterocycles. The Balaban J connectivity index is 1.13. The van der Waals surface area contributed by atoms with E-state index in [1.807, 2.05) is 41.2 Å². The summed E-state index contributed by atoms with van der Waals surface area (Å²) in [4.78, 5) is 26.0. The molecule has 37 heavy (non-hydrogen) atoms. The number of nitrogens with zero attached hydrogens (tertiary/aromatic N) is 6. The van der Waals surface area contributed by atoms with Gasteiger partial charge in [0, 0.05) is 44.8 Å². The van der Waals surface area contributed by atoms with E-state index >= 15 is 0 Å². The molecule has 1 saturated heterocycles. The Hall–Kier alpha value is -4.14. The highest BCUT2D eigenvalue weighted by Gasteiger charge is 2.21. The number of methoxy groups -OCH3 is 1. The van der Waals surface area contributed by atoms with E-state index in [4.69, 9.17) is 4.74 Å². The second-order valence-electron chi connectivity index (χ2n) is 9.16. The number of ether oxygens (including phenoxy) is 1. The zero-order valence-corrected chi connectivity index (χ0v) is 21.2. The van der Waals surface area contributed by atoms with Crippen molar-refractivity contribution >= 4 is 28.4 Å². The minimum Gasteiger partial charge on any atom is -0.497 e. The zero-order chi connectivity index (χ0) is 25.5. The van der Waals surface area contributed by atoms with E-state index in [-0.39, 0.29) is 5.91 Å². The summed E-state index contributed by atoms with van der Waals surface area (Å²) in [5, 5.41) is 8.49. The quantitative estimate of drug-likeness (QED) is 0.358. The number of hydrogen-bond donors (Lipinski definition) is 1. The van der Waals surface area contributed by atoms with E-state index in [0.29, 0.717) is 19.5 Å². The maximum absolute atomic E-state index is 12.3. The number of piperazine rings is 1. The Bertz CT molecular complexity index is 1300. The molecule has 4 aromatic rings. The van der Waals surface area contributed by atoms with Crippen LogP contribution in [0.25, 0.3) is 11.0 Å². The highest BCUT2D eigenvalue weighted by Crippen LogP contribution is 2.26. The lowest BCUT2D eigenvalue weighted by Crippen LogP contribution is -2.46. The van der Waals surface area contributed by atoms with E-state index in [0.717, 1.165) is 61.6 Å². The summed E-state index contributed by atoms with van der Waals surface area (Å²) in [7, 11) is 1.68. The van der Waals surface area contributed by atoms with Crippen molar-refractivity contribution in [3.05, 3.63) is 72.7 Å². The average molecular weight is 500 g/mol. The van der Waals surface area contributed by atoms with Crippen LogP contribution >= 0.6 is 0 Å². The molecule has 0 atom stereocenters. The molecule has 1 fully saturated rings. The predicted molar refractivity (Wildman–Crippen MR) is 145 cm³/mol. The first-order chi connectivity index (χ1) is 18.2. The second-order valence-corrected chi connectivity index (χ2v) is 9.16. The van der Waals surface area contributed by atoms with Gasteiger partial charge in [0.1, 0.15) is 17.9 Å². The third-order valence-electron chi connectivity index (χ3n) is 6.79. The van der Waals surface area contributed by atoms with Crippen LogP contribution in [0.4, 0.5) is 11.5 Å². The zero-order valence-electron chi connectivity index (χ0n) is 21.2. The molecule has 192 valence electrons. The van der Waals surface area contributed by atoms with Crippen molar-refractivity contribution in [2.24, 2.45) is 0 Å². The normalized spacial score (nSPS) is 13.6. The molecule has 1 amide bonds. The van der Waals surface area contributed by atoms with Gasteiger partial charge in [0.2, 0.25) is 5.91 Å². The molecule has 1 aliphatic rings. The van der Waals surface area contributed by atoms with Crippen LogP contribution in [0.3, 0.4) is 0 Å². The number of aryl methyl sites for hydroxylation is 1. The first kappa shape index (κ1) is 24.5. The Kier molecular flexibility index (Phi) is 7.78. The fraction of sp³-hybridized carbons (Fsp3) is 0.357. The number of carbonyl (C=O) groups is 1. The fourth-order valence-corrected chi connectivity index (χ4v) is 4.75. The van der Waals surface area contributed by atoms with Crippen LogP contribution in [0.5, 0.6) is 5.75 Å². The van der Waals surface area contributed by atoms with Crippen molar-refractivity contribution in [2.45, 2.75) is 25.8 Å². The number of aromatic nitrogens is 4. The Morgan fingerprint density at radius 3 is 2.49 bits per heavy atom. The number of anilines is 2. The number of benzene rings is 2. The van der Waals surface area contributed by atoms with E-state index in [1.54, 1.807) is 13.4 Å². The van der Waals surface area contributed by atoms with Crippen LogP contribution in [0, 0.1) is 0 Å². The number of rotatable bonds is 10. The maximum Gasteiger partial charge on any atom is 0.220 e. The van der Waals surface area contributed by atoms with Crippen molar-refractivity contribution in [3.8, 4) is 5.75 Å². The Morgan fingerprint density at radius 2 is 1.73 bits per heavy atom. The van der Waals surface area contributed by atoms with Gasteiger partial charge in [-0.1, -0.05) is 30.3 Å². The molecular weight excluding hydrogens is 466 g/mol. The van der Waals surface area contributed by atoms with Crippen LogP contribution in [-0.2, 0) is 17.8 Å². The summed E-state index contributed by atoms with van der Waals surface area (Å²) < 4.78 is 7.12. The molecule has 5 rings (SSSR count). The fourth-order valence-electron chi connectivity index (χ4n) is 4.75. The van der Waals surface area contributed by atoms with Crippen LogP contribution in [0.1, 0.15) is 18.4 Å². The molecule has 3 heterocycles. The molecule has 0 unspecified atom stereocenters. The molecule has 2 aromatic heterocycles. The largest absolute Gasteiger partial charge is 0.497 e. The van der Waals surface area contributed by atoms with Gasteiger partial charge in [-0.05, 0) is 42.7 Å². The topological polar surface area (TPSA) is 88.4 Å². The first-order valence-electron chi connectivity index (χ1n) is 12.8. The number of nitrogens with one attached hydrogen (secondary N) is 1. The van der Waals surface area contributed by atoms with Crippen LogP contribution < -0.4 is 19.9 Å². The van der Waals surface area contributed by atoms with Gasteiger partial charge in [-0.15, -0.1) is 0 Å². The lowest BCUT2D eigenvalue weighted by molar-refractivity contribution is -0.121. The van der Waals surface area contributed by atoms with Crippen LogP contribution in [-0.4, -0.2) is 65.5 Å². The van der Waals surface area contributed by atoms with E-state index < -0.39 is 0 Å². The highest BCUT2D eigenvalue weighted by atomic mass is 16.5. The Labute approximate surface area is 217 Å². The van der Waals surface area contributed by atoms with E-state index in [1.165, 1.54) is 11.3 Å². The molecule has 1 N–H and O–H groups in total. The molecule has 2 aromatic carbocycles. The number of amides is 1. The third-order valence-corrected chi connectivity index (χ3v) is 6.79. The molecule has 9 heteroatoms. The van der Waals surface area contributed by atoms with Gasteiger partial charge in [-0.25, -0.2) is 14.6 Å². The molecule has 0 bridgehead atoms. The molecule has 0 aliphatic carbocycles. The summed E-state index contributed by atoms with van der Waals surface area (Å²) in [5.41, 5.74) is 3.25. The van der Waals surface area contributed by atoms with Gasteiger partial charge < -0.3 is 19.9 Å². The molecule has 0 radical (unpaired) electrons. The standard InChI is InChI=1S/C28H33N7O2/c1-37-24-12-10-23(11-13-24)33-16-18-34(19-17-33)27-25-20-32-35(28(25)31-21-30-27)15-14-29-26(36)9-5-8-22-6-3-2-4-7-22/h2-4,6-7,10-13,20-21H,5,8-9,14-19H2,1H3,(H,29,36). The highest BCUT2D eigenvalue weighted by molar-refractivity contribution is 5.86. The van der Waals surface area contributed by atoms with Crippen molar-refractivity contribution in [3.63, 3.8) is 0 Å². The van der Waals surface area contributed by atoms with Crippen LogP contribution in [0.2, 0.25) is 0 Å². The number of carbonyl (C=O) groups excluding carboxylic acids is 1. The van der Waals surface area contributed by atoms with Gasteiger partial charge in [0.05, 0.1) is 25.2 Å². The summed E-state index contributed by atoms with van der Waals surface area (Å²) in [5.74, 6) is 1.85. The summed E-state index contributed by atoms with van der Waals surface area (Å²) in [6.45, 7) is 4.62. The monoisotopic (exact) mass is 499 g/mol. The summed E-state index contributed by atoms with van der Waals surface area (Å²) >= 11 is 0. The van der Waals surface area contributed by atoms with E-state index in [2.05, 4.69) is 54.4 Å². The lowest BCUT2D eigenvalue weighted by Gasteiger charge is -2.36. The third kappa shape index (κ3) is 5.99. The van der Waals surface area contributed by atoms with Gasteiger partial charge in [0.15, 0.2) is 5.65 Å². The lowest BCUT2D eigenvalue weighted by atomic mass is 10.1. The van der Waals surface area contributed by atoms with Crippen molar-refractivity contribution in [1.29, 1.82) is 0 Å². The molecule has 0 spiro atoms. The van der Waals surface area contributed by atoms with Crippen molar-refractivity contribution < 1.29 is 9.53 Å². The number of hydrogen-bond acceptors (Lipinski definition) is 7.